The third kappa shape index (κ3) is 3.87. The van der Waals surface area contributed by atoms with Gasteiger partial charge in [0.2, 0.25) is 5.91 Å². The minimum atomic E-state index is -0.431. The Labute approximate surface area is 141 Å². The summed E-state index contributed by atoms with van der Waals surface area (Å²) in [6.45, 7) is 6.79. The van der Waals surface area contributed by atoms with Crippen LogP contribution in [0.15, 0.2) is 10.6 Å². The highest BCUT2D eigenvalue weighted by Crippen LogP contribution is 2.20. The molecule has 24 heavy (non-hydrogen) atoms. The SMILES string of the molecule is Cc1cc(CN2CCN(C(=O)[C@H]3CCCN(C(N)=O)C3)CC2)on1. The van der Waals surface area contributed by atoms with Crippen LogP contribution in [0.3, 0.4) is 0 Å². The lowest BCUT2D eigenvalue weighted by Gasteiger charge is -2.38. The van der Waals surface area contributed by atoms with E-state index in [9.17, 15) is 9.59 Å². The van der Waals surface area contributed by atoms with Crippen LogP contribution in [0.1, 0.15) is 24.3 Å². The van der Waals surface area contributed by atoms with Gasteiger partial charge in [-0.25, -0.2) is 4.79 Å². The number of urea groups is 1. The topological polar surface area (TPSA) is 95.9 Å². The molecule has 1 aromatic rings. The van der Waals surface area contributed by atoms with E-state index in [0.29, 0.717) is 26.2 Å². The fourth-order valence-corrected chi connectivity index (χ4v) is 3.47. The van der Waals surface area contributed by atoms with E-state index in [1.807, 2.05) is 17.9 Å². The molecule has 1 aromatic heterocycles. The molecule has 8 nitrogen and oxygen atoms in total. The summed E-state index contributed by atoms with van der Waals surface area (Å²) in [6, 6.07) is 1.51. The number of piperidine rings is 1. The molecule has 3 rings (SSSR count). The summed E-state index contributed by atoms with van der Waals surface area (Å²) < 4.78 is 5.25. The molecule has 8 heteroatoms. The van der Waals surface area contributed by atoms with Crippen molar-refractivity contribution in [1.29, 1.82) is 0 Å². The van der Waals surface area contributed by atoms with Gasteiger partial charge in [0.1, 0.15) is 0 Å². The number of piperazine rings is 1. The van der Waals surface area contributed by atoms with Gasteiger partial charge in [-0.3, -0.25) is 9.69 Å². The van der Waals surface area contributed by atoms with Crippen molar-refractivity contribution < 1.29 is 14.1 Å². The van der Waals surface area contributed by atoms with E-state index < -0.39 is 6.03 Å². The summed E-state index contributed by atoms with van der Waals surface area (Å²) >= 11 is 0. The fraction of sp³-hybridized carbons (Fsp3) is 0.688. The van der Waals surface area contributed by atoms with Gasteiger partial charge in [0.05, 0.1) is 18.2 Å². The largest absolute Gasteiger partial charge is 0.360 e. The summed E-state index contributed by atoms with van der Waals surface area (Å²) in [4.78, 5) is 29.8. The number of rotatable bonds is 3. The van der Waals surface area contributed by atoms with Gasteiger partial charge in [0.25, 0.3) is 0 Å². The molecule has 2 fully saturated rings. The molecule has 0 radical (unpaired) electrons. The zero-order valence-corrected chi connectivity index (χ0v) is 14.1. The number of aryl methyl sites for hydroxylation is 1. The molecular weight excluding hydrogens is 310 g/mol. The van der Waals surface area contributed by atoms with Crippen molar-refractivity contribution in [1.82, 2.24) is 19.9 Å². The quantitative estimate of drug-likeness (QED) is 0.863. The Kier molecular flexibility index (Phi) is 5.03. The van der Waals surface area contributed by atoms with Crippen molar-refractivity contribution in [2.24, 2.45) is 11.7 Å². The number of nitrogens with two attached hydrogens (primary N) is 1. The summed E-state index contributed by atoms with van der Waals surface area (Å²) in [5.74, 6) is 0.891. The van der Waals surface area contributed by atoms with Gasteiger partial charge in [0, 0.05) is 45.3 Å². The van der Waals surface area contributed by atoms with E-state index in [-0.39, 0.29) is 11.8 Å². The van der Waals surface area contributed by atoms with E-state index >= 15 is 0 Å². The molecule has 3 heterocycles. The molecule has 3 amide bonds. The number of carbonyl (C=O) groups excluding carboxylic acids is 2. The van der Waals surface area contributed by atoms with Gasteiger partial charge in [-0.2, -0.15) is 0 Å². The van der Waals surface area contributed by atoms with Gasteiger partial charge >= 0.3 is 6.03 Å². The first-order valence-corrected chi connectivity index (χ1v) is 8.50. The Morgan fingerprint density at radius 3 is 2.62 bits per heavy atom. The van der Waals surface area contributed by atoms with E-state index in [1.165, 1.54) is 0 Å². The molecule has 0 aromatic carbocycles. The van der Waals surface area contributed by atoms with E-state index in [4.69, 9.17) is 10.3 Å². The summed E-state index contributed by atoms with van der Waals surface area (Å²) in [6.07, 6.45) is 1.67. The molecule has 0 saturated carbocycles. The standard InChI is InChI=1S/C16H25N5O3/c1-12-9-14(24-18-12)11-19-5-7-20(8-6-19)15(22)13-3-2-4-21(10-13)16(17)23/h9,13H,2-8,10-11H2,1H3,(H2,17,23)/t13-/m0/s1. The predicted molar refractivity (Wildman–Crippen MR) is 87.0 cm³/mol. The minimum Gasteiger partial charge on any atom is -0.360 e. The second kappa shape index (κ2) is 7.21. The lowest BCUT2D eigenvalue weighted by Crippen LogP contribution is -2.53. The first-order valence-electron chi connectivity index (χ1n) is 8.50. The molecule has 132 valence electrons. The predicted octanol–water partition coefficient (Wildman–Crippen LogP) is 0.418. The summed E-state index contributed by atoms with van der Waals surface area (Å²) in [5.41, 5.74) is 6.23. The van der Waals surface area contributed by atoms with Gasteiger partial charge in [0.15, 0.2) is 5.76 Å². The number of likely N-dealkylation sites (tertiary alicyclic amines) is 1. The molecule has 0 unspecified atom stereocenters. The van der Waals surface area contributed by atoms with Crippen LogP contribution in [0.25, 0.3) is 0 Å². The number of amides is 3. The third-order valence-corrected chi connectivity index (χ3v) is 4.82. The highest BCUT2D eigenvalue weighted by Gasteiger charge is 2.32. The van der Waals surface area contributed by atoms with Crippen LogP contribution in [0.5, 0.6) is 0 Å². The van der Waals surface area contributed by atoms with Crippen molar-refractivity contribution in [3.63, 3.8) is 0 Å². The molecular formula is C16H25N5O3. The Bertz CT molecular complexity index is 594. The molecule has 2 aliphatic heterocycles. The number of nitrogens with zero attached hydrogens (tertiary/aromatic N) is 4. The smallest absolute Gasteiger partial charge is 0.314 e. The second-order valence-electron chi connectivity index (χ2n) is 6.66. The molecule has 0 bridgehead atoms. The third-order valence-electron chi connectivity index (χ3n) is 4.82. The highest BCUT2D eigenvalue weighted by molar-refractivity contribution is 5.80. The van der Waals surface area contributed by atoms with Gasteiger partial charge < -0.3 is 20.1 Å². The Hall–Kier alpha value is -2.09. The van der Waals surface area contributed by atoms with Crippen LogP contribution in [-0.4, -0.2) is 71.1 Å². The van der Waals surface area contributed by atoms with Crippen LogP contribution in [0.2, 0.25) is 0 Å². The number of primary amides is 1. The van der Waals surface area contributed by atoms with Crippen molar-refractivity contribution >= 4 is 11.9 Å². The maximum absolute atomic E-state index is 12.7. The van der Waals surface area contributed by atoms with Crippen molar-refractivity contribution in [3.05, 3.63) is 17.5 Å². The molecule has 2 saturated heterocycles. The fourth-order valence-electron chi connectivity index (χ4n) is 3.47. The number of hydrogen-bond acceptors (Lipinski definition) is 5. The van der Waals surface area contributed by atoms with Crippen molar-refractivity contribution in [2.75, 3.05) is 39.3 Å². The minimum absolute atomic E-state index is 0.116. The molecule has 2 N–H and O–H groups in total. The number of carbonyl (C=O) groups is 2. The summed E-state index contributed by atoms with van der Waals surface area (Å²) in [5, 5.41) is 3.90. The first kappa shape index (κ1) is 16.8. The first-order chi connectivity index (χ1) is 11.5. The van der Waals surface area contributed by atoms with Crippen LogP contribution >= 0.6 is 0 Å². The van der Waals surface area contributed by atoms with E-state index in [0.717, 1.165) is 43.9 Å². The summed E-state index contributed by atoms with van der Waals surface area (Å²) in [7, 11) is 0. The lowest BCUT2D eigenvalue weighted by atomic mass is 9.96. The highest BCUT2D eigenvalue weighted by atomic mass is 16.5. The van der Waals surface area contributed by atoms with Crippen LogP contribution in [-0.2, 0) is 11.3 Å². The normalized spacial score (nSPS) is 22.6. The molecule has 2 aliphatic rings. The lowest BCUT2D eigenvalue weighted by molar-refractivity contribution is -0.138. The maximum Gasteiger partial charge on any atom is 0.314 e. The Morgan fingerprint density at radius 2 is 2.00 bits per heavy atom. The van der Waals surface area contributed by atoms with Crippen molar-refractivity contribution in [3.8, 4) is 0 Å². The van der Waals surface area contributed by atoms with E-state index in [2.05, 4.69) is 10.1 Å². The maximum atomic E-state index is 12.7. The van der Waals surface area contributed by atoms with Gasteiger partial charge in [-0.15, -0.1) is 0 Å². The Morgan fingerprint density at radius 1 is 1.25 bits per heavy atom. The van der Waals surface area contributed by atoms with E-state index in [1.54, 1.807) is 4.90 Å². The van der Waals surface area contributed by atoms with Crippen LogP contribution in [0, 0.1) is 12.8 Å². The molecule has 0 spiro atoms. The van der Waals surface area contributed by atoms with Gasteiger partial charge in [-0.1, -0.05) is 5.16 Å². The van der Waals surface area contributed by atoms with Gasteiger partial charge in [-0.05, 0) is 19.8 Å². The number of aromatic nitrogens is 1. The van der Waals surface area contributed by atoms with Crippen LogP contribution < -0.4 is 5.73 Å². The number of hydrogen-bond donors (Lipinski definition) is 1. The average Bonchev–Trinajstić information content (AvgIpc) is 3.00. The Balaban J connectivity index is 1.49. The molecule has 0 aliphatic carbocycles. The molecule has 1 atom stereocenters. The monoisotopic (exact) mass is 335 g/mol. The van der Waals surface area contributed by atoms with Crippen LogP contribution in [0.4, 0.5) is 4.79 Å². The second-order valence-corrected chi connectivity index (χ2v) is 6.66. The zero-order chi connectivity index (χ0) is 17.1. The zero-order valence-electron chi connectivity index (χ0n) is 14.1. The average molecular weight is 335 g/mol. The van der Waals surface area contributed by atoms with Crippen molar-refractivity contribution in [2.45, 2.75) is 26.3 Å².